The molecule has 2 amide bonds. The molecule has 1 heterocycles. The highest BCUT2D eigenvalue weighted by atomic mass is 35.5. The predicted octanol–water partition coefficient (Wildman–Crippen LogP) is 3.49. The molecule has 124 valence electrons. The van der Waals surface area contributed by atoms with Crippen LogP contribution < -0.4 is 10.2 Å². The minimum absolute atomic E-state index is 0.00251. The first-order valence-corrected chi connectivity index (χ1v) is 8.26. The number of rotatable bonds is 3. The van der Waals surface area contributed by atoms with Crippen LogP contribution in [0.2, 0.25) is 5.02 Å². The van der Waals surface area contributed by atoms with Crippen LogP contribution in [0, 0.1) is 13.8 Å². The molecule has 0 aliphatic carbocycles. The summed E-state index contributed by atoms with van der Waals surface area (Å²) in [6, 6.07) is 12.6. The van der Waals surface area contributed by atoms with Crippen molar-refractivity contribution >= 4 is 29.1 Å². The average Bonchev–Trinajstić information content (AvgIpc) is 2.91. The molecule has 1 fully saturated rings. The Hall–Kier alpha value is -2.33. The molecule has 1 aliphatic heterocycles. The van der Waals surface area contributed by atoms with Gasteiger partial charge in [-0.05, 0) is 61.4 Å². The van der Waals surface area contributed by atoms with Crippen molar-refractivity contribution in [1.82, 2.24) is 5.32 Å². The highest BCUT2D eigenvalue weighted by molar-refractivity contribution is 6.30. The van der Waals surface area contributed by atoms with E-state index >= 15 is 0 Å². The molecule has 0 bridgehead atoms. The number of hydrogen-bond acceptors (Lipinski definition) is 2. The zero-order valence-electron chi connectivity index (χ0n) is 13.7. The van der Waals surface area contributed by atoms with E-state index in [1.807, 2.05) is 44.2 Å². The van der Waals surface area contributed by atoms with E-state index in [1.165, 1.54) is 0 Å². The third kappa shape index (κ3) is 3.44. The van der Waals surface area contributed by atoms with Crippen molar-refractivity contribution in [2.45, 2.75) is 26.3 Å². The average molecular weight is 343 g/mol. The van der Waals surface area contributed by atoms with E-state index in [-0.39, 0.29) is 17.9 Å². The molecule has 1 N–H and O–H groups in total. The Kier molecular flexibility index (Phi) is 4.58. The highest BCUT2D eigenvalue weighted by Gasteiger charge is 2.31. The fourth-order valence-corrected chi connectivity index (χ4v) is 2.95. The summed E-state index contributed by atoms with van der Waals surface area (Å²) in [6.07, 6.45) is 0.305. The first-order chi connectivity index (χ1) is 11.4. The molecule has 0 spiro atoms. The van der Waals surface area contributed by atoms with Gasteiger partial charge in [0.2, 0.25) is 5.91 Å². The molecule has 1 aliphatic rings. The Morgan fingerprint density at radius 3 is 2.50 bits per heavy atom. The second-order valence-corrected chi connectivity index (χ2v) is 6.59. The number of aryl methyl sites for hydroxylation is 2. The summed E-state index contributed by atoms with van der Waals surface area (Å²) in [5.41, 5.74) is 3.65. The van der Waals surface area contributed by atoms with Crippen molar-refractivity contribution < 1.29 is 9.59 Å². The molecule has 2 aromatic rings. The van der Waals surface area contributed by atoms with E-state index < -0.39 is 0 Å². The molecule has 3 rings (SSSR count). The Morgan fingerprint density at radius 1 is 1.12 bits per heavy atom. The molecule has 2 aromatic carbocycles. The molecule has 5 heteroatoms. The quantitative estimate of drug-likeness (QED) is 0.928. The van der Waals surface area contributed by atoms with Gasteiger partial charge in [-0.1, -0.05) is 17.7 Å². The van der Waals surface area contributed by atoms with Crippen LogP contribution in [-0.4, -0.2) is 24.4 Å². The lowest BCUT2D eigenvalue weighted by atomic mass is 10.1. The maximum atomic E-state index is 12.4. The van der Waals surface area contributed by atoms with Gasteiger partial charge < -0.3 is 10.2 Å². The van der Waals surface area contributed by atoms with Crippen molar-refractivity contribution in [3.05, 3.63) is 64.2 Å². The van der Waals surface area contributed by atoms with Gasteiger partial charge in [-0.2, -0.15) is 0 Å². The van der Waals surface area contributed by atoms with Gasteiger partial charge in [0.05, 0.1) is 6.04 Å². The summed E-state index contributed by atoms with van der Waals surface area (Å²) in [5, 5.41) is 3.59. The van der Waals surface area contributed by atoms with Crippen LogP contribution in [0.4, 0.5) is 5.69 Å². The molecule has 4 nitrogen and oxygen atoms in total. The Labute approximate surface area is 146 Å². The number of hydrogen-bond donors (Lipinski definition) is 1. The Balaban J connectivity index is 1.68. The first-order valence-electron chi connectivity index (χ1n) is 7.88. The van der Waals surface area contributed by atoms with Crippen molar-refractivity contribution in [1.29, 1.82) is 0 Å². The summed E-state index contributed by atoms with van der Waals surface area (Å²) in [5.74, 6) is -0.142. The highest BCUT2D eigenvalue weighted by Crippen LogP contribution is 2.23. The molecule has 1 atom stereocenters. The van der Waals surface area contributed by atoms with Crippen molar-refractivity contribution in [3.8, 4) is 0 Å². The molecule has 1 saturated heterocycles. The lowest BCUT2D eigenvalue weighted by molar-refractivity contribution is -0.117. The van der Waals surface area contributed by atoms with E-state index in [0.717, 1.165) is 16.8 Å². The topological polar surface area (TPSA) is 49.4 Å². The molecule has 0 aromatic heterocycles. The van der Waals surface area contributed by atoms with Gasteiger partial charge in [0.15, 0.2) is 0 Å². The molecule has 24 heavy (non-hydrogen) atoms. The summed E-state index contributed by atoms with van der Waals surface area (Å²) in [7, 11) is 0. The van der Waals surface area contributed by atoms with Crippen molar-refractivity contribution in [3.63, 3.8) is 0 Å². The van der Waals surface area contributed by atoms with Crippen LogP contribution in [0.5, 0.6) is 0 Å². The predicted molar refractivity (Wildman–Crippen MR) is 95.6 cm³/mol. The minimum atomic E-state index is -0.192. The standard InChI is InChI=1S/C19H19ClN2O2/c1-12-3-4-14(9-13(12)2)19(24)21-16-10-18(23)22(11-16)17-7-5-15(20)6-8-17/h3-9,16H,10-11H2,1-2H3,(H,21,24)/t16-/m1/s1. The number of amides is 2. The molecule has 0 radical (unpaired) electrons. The van der Waals surface area contributed by atoms with Crippen LogP contribution in [0.1, 0.15) is 27.9 Å². The van der Waals surface area contributed by atoms with Crippen LogP contribution in [0.3, 0.4) is 0 Å². The minimum Gasteiger partial charge on any atom is -0.347 e. The van der Waals surface area contributed by atoms with Gasteiger partial charge in [-0.25, -0.2) is 0 Å². The molecule has 0 unspecified atom stereocenters. The number of carbonyl (C=O) groups is 2. The third-order valence-electron chi connectivity index (χ3n) is 4.37. The third-order valence-corrected chi connectivity index (χ3v) is 4.62. The summed E-state index contributed by atoms with van der Waals surface area (Å²) < 4.78 is 0. The number of benzene rings is 2. The van der Waals surface area contributed by atoms with Gasteiger partial charge >= 0.3 is 0 Å². The maximum Gasteiger partial charge on any atom is 0.251 e. The maximum absolute atomic E-state index is 12.4. The zero-order chi connectivity index (χ0) is 17.3. The number of anilines is 1. The summed E-state index contributed by atoms with van der Waals surface area (Å²) in [4.78, 5) is 26.3. The normalized spacial score (nSPS) is 17.2. The first kappa shape index (κ1) is 16.5. The van der Waals surface area contributed by atoms with Crippen LogP contribution in [0.25, 0.3) is 0 Å². The smallest absolute Gasteiger partial charge is 0.251 e. The van der Waals surface area contributed by atoms with Crippen LogP contribution in [0.15, 0.2) is 42.5 Å². The monoisotopic (exact) mass is 342 g/mol. The van der Waals surface area contributed by atoms with Gasteiger partial charge in [-0.3, -0.25) is 9.59 Å². The second kappa shape index (κ2) is 6.65. The molecular weight excluding hydrogens is 324 g/mol. The van der Waals surface area contributed by atoms with Crippen molar-refractivity contribution in [2.75, 3.05) is 11.4 Å². The van der Waals surface area contributed by atoms with Gasteiger partial charge in [0, 0.05) is 29.2 Å². The number of nitrogens with zero attached hydrogens (tertiary/aromatic N) is 1. The van der Waals surface area contributed by atoms with E-state index in [4.69, 9.17) is 11.6 Å². The lowest BCUT2D eigenvalue weighted by Gasteiger charge is -2.17. The number of nitrogens with one attached hydrogen (secondary N) is 1. The molecular formula is C19H19ClN2O2. The van der Waals surface area contributed by atoms with E-state index in [2.05, 4.69) is 5.32 Å². The zero-order valence-corrected chi connectivity index (χ0v) is 14.4. The molecule has 0 saturated carbocycles. The largest absolute Gasteiger partial charge is 0.347 e. The van der Waals surface area contributed by atoms with Gasteiger partial charge in [0.25, 0.3) is 5.91 Å². The van der Waals surface area contributed by atoms with Crippen LogP contribution >= 0.6 is 11.6 Å². The van der Waals surface area contributed by atoms with Gasteiger partial charge in [-0.15, -0.1) is 0 Å². The fraction of sp³-hybridized carbons (Fsp3) is 0.263. The van der Waals surface area contributed by atoms with Crippen LogP contribution in [-0.2, 0) is 4.79 Å². The SMILES string of the molecule is Cc1ccc(C(=O)N[C@@H]2CC(=O)N(c3ccc(Cl)cc3)C2)cc1C. The van der Waals surface area contributed by atoms with E-state index in [9.17, 15) is 9.59 Å². The Bertz CT molecular complexity index is 786. The van der Waals surface area contributed by atoms with Crippen molar-refractivity contribution in [2.24, 2.45) is 0 Å². The van der Waals surface area contributed by atoms with E-state index in [0.29, 0.717) is 23.6 Å². The summed E-state index contributed by atoms with van der Waals surface area (Å²) >= 11 is 5.88. The Morgan fingerprint density at radius 2 is 1.83 bits per heavy atom. The fourth-order valence-electron chi connectivity index (χ4n) is 2.83. The van der Waals surface area contributed by atoms with E-state index in [1.54, 1.807) is 17.0 Å². The second-order valence-electron chi connectivity index (χ2n) is 6.15. The summed E-state index contributed by atoms with van der Waals surface area (Å²) in [6.45, 7) is 4.46. The lowest BCUT2D eigenvalue weighted by Crippen LogP contribution is -2.37. The number of carbonyl (C=O) groups excluding carboxylic acids is 2. The number of halogens is 1. The van der Waals surface area contributed by atoms with Gasteiger partial charge in [0.1, 0.15) is 0 Å².